The second-order valence-electron chi connectivity index (χ2n) is 5.45. The van der Waals surface area contributed by atoms with Crippen LogP contribution in [0.4, 0.5) is 0 Å². The molecule has 1 aromatic carbocycles. The molecule has 2 aliphatic rings. The summed E-state index contributed by atoms with van der Waals surface area (Å²) in [4.78, 5) is 0. The molecule has 0 saturated carbocycles. The summed E-state index contributed by atoms with van der Waals surface area (Å²) < 4.78 is 0. The van der Waals surface area contributed by atoms with E-state index in [0.29, 0.717) is 0 Å². The minimum absolute atomic E-state index is 0.0624. The molecule has 1 heterocycles. The number of piperidine rings is 1. The Balaban J connectivity index is 2.15. The topological polar surface area (TPSA) is 32.3 Å². The predicted octanol–water partition coefficient (Wildman–Crippen LogP) is 1.61. The van der Waals surface area contributed by atoms with Crippen molar-refractivity contribution in [2.45, 2.75) is 37.2 Å². The average molecular weight is 217 g/mol. The summed E-state index contributed by atoms with van der Waals surface area (Å²) in [7, 11) is 0. The zero-order chi connectivity index (χ0) is 11.2. The number of aliphatic hydroxyl groups is 1. The van der Waals surface area contributed by atoms with E-state index in [-0.39, 0.29) is 5.41 Å². The number of benzene rings is 1. The van der Waals surface area contributed by atoms with Crippen molar-refractivity contribution < 1.29 is 5.11 Å². The van der Waals surface area contributed by atoms with E-state index < -0.39 is 5.60 Å². The van der Waals surface area contributed by atoms with Crippen LogP contribution in [0.5, 0.6) is 0 Å². The van der Waals surface area contributed by atoms with Crippen LogP contribution in [0, 0.1) is 0 Å². The van der Waals surface area contributed by atoms with Gasteiger partial charge in [0, 0.05) is 12.0 Å². The largest absolute Gasteiger partial charge is 0.388 e. The number of β-amino-alcohol motifs (C(OH)–C–C–N with tert-alkyl or cyclic N) is 1. The van der Waals surface area contributed by atoms with E-state index in [1.165, 1.54) is 11.1 Å². The van der Waals surface area contributed by atoms with Crippen LogP contribution in [0.3, 0.4) is 0 Å². The number of hydrogen-bond donors (Lipinski definition) is 2. The molecule has 2 heteroatoms. The molecule has 0 aromatic heterocycles. The molecule has 1 saturated heterocycles. The van der Waals surface area contributed by atoms with Gasteiger partial charge in [0.05, 0.1) is 5.60 Å². The quantitative estimate of drug-likeness (QED) is 0.692. The second-order valence-corrected chi connectivity index (χ2v) is 5.45. The average Bonchev–Trinajstić information content (AvgIpc) is 2.31. The molecule has 1 aliphatic carbocycles. The van der Waals surface area contributed by atoms with Crippen LogP contribution < -0.4 is 5.32 Å². The Morgan fingerprint density at radius 2 is 2.06 bits per heavy atom. The van der Waals surface area contributed by atoms with Gasteiger partial charge in [0.1, 0.15) is 0 Å². The van der Waals surface area contributed by atoms with E-state index in [0.717, 1.165) is 32.4 Å². The lowest BCUT2D eigenvalue weighted by atomic mass is 9.58. The van der Waals surface area contributed by atoms with Crippen molar-refractivity contribution >= 4 is 0 Å². The first-order chi connectivity index (χ1) is 7.66. The fraction of sp³-hybridized carbons (Fsp3) is 0.571. The monoisotopic (exact) mass is 217 g/mol. The predicted molar refractivity (Wildman–Crippen MR) is 64.6 cm³/mol. The fourth-order valence-corrected chi connectivity index (χ4v) is 3.43. The van der Waals surface area contributed by atoms with Crippen LogP contribution in [0.15, 0.2) is 24.3 Å². The number of fused-ring (bicyclic) bond motifs is 3. The van der Waals surface area contributed by atoms with Crippen LogP contribution in [0.25, 0.3) is 0 Å². The first-order valence-electron chi connectivity index (χ1n) is 6.17. The maximum Gasteiger partial charge on any atom is 0.0868 e. The van der Waals surface area contributed by atoms with Crippen LogP contribution in [0.2, 0.25) is 0 Å². The van der Waals surface area contributed by atoms with Crippen molar-refractivity contribution in [2.24, 2.45) is 0 Å². The van der Waals surface area contributed by atoms with Gasteiger partial charge in [-0.15, -0.1) is 0 Å². The number of aryl methyl sites for hydroxylation is 1. The van der Waals surface area contributed by atoms with Gasteiger partial charge in [-0.3, -0.25) is 0 Å². The van der Waals surface area contributed by atoms with Gasteiger partial charge in [-0.2, -0.15) is 0 Å². The maximum atomic E-state index is 10.8. The standard InChI is InChI=1S/C14H19NO/c1-13-8-9-15-10-14(13,16)7-6-11-4-2-3-5-12(11)13/h2-5,15-16H,6-10H2,1H3. The number of rotatable bonds is 0. The van der Waals surface area contributed by atoms with Crippen LogP contribution >= 0.6 is 0 Å². The van der Waals surface area contributed by atoms with Gasteiger partial charge in [0.15, 0.2) is 0 Å². The number of nitrogens with one attached hydrogen (secondary N) is 1. The van der Waals surface area contributed by atoms with Crippen LogP contribution in [-0.4, -0.2) is 23.8 Å². The third kappa shape index (κ3) is 1.20. The summed E-state index contributed by atoms with van der Waals surface area (Å²) in [5.74, 6) is 0. The molecule has 86 valence electrons. The fourth-order valence-electron chi connectivity index (χ4n) is 3.43. The highest BCUT2D eigenvalue weighted by Gasteiger charge is 2.52. The van der Waals surface area contributed by atoms with Gasteiger partial charge in [-0.25, -0.2) is 0 Å². The van der Waals surface area contributed by atoms with E-state index in [2.05, 4.69) is 36.5 Å². The Kier molecular flexibility index (Phi) is 2.13. The van der Waals surface area contributed by atoms with Crippen molar-refractivity contribution in [3.8, 4) is 0 Å². The molecule has 1 aliphatic heterocycles. The molecule has 0 radical (unpaired) electrons. The Morgan fingerprint density at radius 3 is 2.94 bits per heavy atom. The van der Waals surface area contributed by atoms with E-state index >= 15 is 0 Å². The molecule has 2 unspecified atom stereocenters. The molecule has 16 heavy (non-hydrogen) atoms. The zero-order valence-corrected chi connectivity index (χ0v) is 9.79. The van der Waals surface area contributed by atoms with Crippen molar-refractivity contribution in [1.29, 1.82) is 0 Å². The minimum Gasteiger partial charge on any atom is -0.388 e. The molecule has 0 amide bonds. The highest BCUT2D eigenvalue weighted by Crippen LogP contribution is 2.47. The molecule has 2 nitrogen and oxygen atoms in total. The smallest absolute Gasteiger partial charge is 0.0868 e. The summed E-state index contributed by atoms with van der Waals surface area (Å²) >= 11 is 0. The molecule has 0 bridgehead atoms. The summed E-state index contributed by atoms with van der Waals surface area (Å²) in [5, 5.41) is 14.2. The van der Waals surface area contributed by atoms with Crippen molar-refractivity contribution in [3.63, 3.8) is 0 Å². The highest BCUT2D eigenvalue weighted by molar-refractivity contribution is 5.40. The summed E-state index contributed by atoms with van der Waals surface area (Å²) in [6.45, 7) is 3.97. The third-order valence-electron chi connectivity index (χ3n) is 4.67. The molecule has 2 N–H and O–H groups in total. The molecule has 1 fully saturated rings. The molecular weight excluding hydrogens is 198 g/mol. The van der Waals surface area contributed by atoms with Crippen molar-refractivity contribution in [2.75, 3.05) is 13.1 Å². The number of hydrogen-bond acceptors (Lipinski definition) is 2. The Labute approximate surface area is 96.7 Å². The lowest BCUT2D eigenvalue weighted by molar-refractivity contribution is -0.0641. The van der Waals surface area contributed by atoms with E-state index in [1.807, 2.05) is 0 Å². The Bertz CT molecular complexity index is 417. The molecule has 3 rings (SSSR count). The van der Waals surface area contributed by atoms with Crippen LogP contribution in [0.1, 0.15) is 30.9 Å². The van der Waals surface area contributed by atoms with Gasteiger partial charge in [0.25, 0.3) is 0 Å². The lowest BCUT2D eigenvalue weighted by Crippen LogP contribution is -2.62. The first kappa shape index (κ1) is 10.3. The molecule has 1 aromatic rings. The van der Waals surface area contributed by atoms with E-state index in [4.69, 9.17) is 0 Å². The Hall–Kier alpha value is -0.860. The van der Waals surface area contributed by atoms with Gasteiger partial charge >= 0.3 is 0 Å². The van der Waals surface area contributed by atoms with Crippen LogP contribution in [-0.2, 0) is 11.8 Å². The van der Waals surface area contributed by atoms with Gasteiger partial charge in [-0.05, 0) is 36.9 Å². The second kappa shape index (κ2) is 3.31. The molecule has 0 spiro atoms. The van der Waals surface area contributed by atoms with Gasteiger partial charge in [-0.1, -0.05) is 31.2 Å². The Morgan fingerprint density at radius 1 is 1.25 bits per heavy atom. The van der Waals surface area contributed by atoms with Crippen molar-refractivity contribution in [1.82, 2.24) is 5.32 Å². The summed E-state index contributed by atoms with van der Waals surface area (Å²) in [6, 6.07) is 8.61. The molecular formula is C14H19NO. The lowest BCUT2D eigenvalue weighted by Gasteiger charge is -2.52. The highest BCUT2D eigenvalue weighted by atomic mass is 16.3. The summed E-state index contributed by atoms with van der Waals surface area (Å²) in [6.07, 6.45) is 2.91. The maximum absolute atomic E-state index is 10.8. The van der Waals surface area contributed by atoms with E-state index in [1.54, 1.807) is 0 Å². The normalized spacial score (nSPS) is 37.6. The minimum atomic E-state index is -0.556. The summed E-state index contributed by atoms with van der Waals surface area (Å²) in [5.41, 5.74) is 2.18. The SMILES string of the molecule is CC12CCNCC1(O)CCc1ccccc12. The van der Waals surface area contributed by atoms with Gasteiger partial charge < -0.3 is 10.4 Å². The van der Waals surface area contributed by atoms with E-state index in [9.17, 15) is 5.11 Å². The van der Waals surface area contributed by atoms with Crippen molar-refractivity contribution in [3.05, 3.63) is 35.4 Å². The van der Waals surface area contributed by atoms with Gasteiger partial charge in [0.2, 0.25) is 0 Å². The zero-order valence-electron chi connectivity index (χ0n) is 9.79. The molecule has 2 atom stereocenters. The third-order valence-corrected chi connectivity index (χ3v) is 4.67. The first-order valence-corrected chi connectivity index (χ1v) is 6.17.